The standard InChI is InChI=1S/C52H95O11P/c1-4-7-9-11-13-15-17-19-21-23-25-27-29-31-33-37-41-58-43-47(53)45-61-64(57,52(56)63-50-40-36-35-39-49(50)51(55)60-6-3)62-46-48(54)44-59-42-38-34-32-30-28-26-24-22-20-18-16-14-12-10-8-5-2/h35-36,39-40,47-48,53-54H,4-34,37-38,41-46H2,1-3H3. The van der Waals surface area contributed by atoms with Crippen molar-refractivity contribution in [3.8, 4) is 5.75 Å². The average Bonchev–Trinajstić information content (AvgIpc) is 3.29. The molecule has 11 nitrogen and oxygen atoms in total. The molecule has 0 saturated heterocycles. The number of carbonyl (C=O) groups excluding carboxylic acids is 2. The van der Waals surface area contributed by atoms with Gasteiger partial charge in [-0.15, -0.1) is 0 Å². The van der Waals surface area contributed by atoms with E-state index in [9.17, 15) is 24.4 Å². The number of rotatable bonds is 48. The Morgan fingerprint density at radius 2 is 0.812 bits per heavy atom. The van der Waals surface area contributed by atoms with Gasteiger partial charge in [-0.25, -0.2) is 14.2 Å². The van der Waals surface area contributed by atoms with E-state index in [-0.39, 0.29) is 31.1 Å². The van der Waals surface area contributed by atoms with Gasteiger partial charge in [-0.1, -0.05) is 219 Å². The summed E-state index contributed by atoms with van der Waals surface area (Å²) in [6.07, 6.45) is 38.5. The van der Waals surface area contributed by atoms with Crippen molar-refractivity contribution in [2.24, 2.45) is 0 Å². The molecular weight excluding hydrogens is 832 g/mol. The maximum Gasteiger partial charge on any atom is 0.439 e. The molecule has 0 spiro atoms. The first-order valence-corrected chi connectivity index (χ1v) is 27.7. The normalized spacial score (nSPS) is 13.5. The number of benzene rings is 1. The molecule has 0 bridgehead atoms. The van der Waals surface area contributed by atoms with Gasteiger partial charge in [0.2, 0.25) is 0 Å². The number of aliphatic hydroxyl groups is 2. The molecule has 0 fully saturated rings. The lowest BCUT2D eigenvalue weighted by molar-refractivity contribution is -0.00419. The summed E-state index contributed by atoms with van der Waals surface area (Å²) in [7, 11) is -4.75. The van der Waals surface area contributed by atoms with Crippen molar-refractivity contribution in [3.63, 3.8) is 0 Å². The number of para-hydroxylation sites is 1. The second-order valence-corrected chi connectivity index (χ2v) is 19.6. The maximum absolute atomic E-state index is 13.9. The molecule has 0 heterocycles. The second kappa shape index (κ2) is 43.7. The van der Waals surface area contributed by atoms with Crippen LogP contribution in [0.4, 0.5) is 4.79 Å². The maximum atomic E-state index is 13.9. The molecule has 0 aliphatic carbocycles. The summed E-state index contributed by atoms with van der Waals surface area (Å²) < 4.78 is 46.4. The smallest absolute Gasteiger partial charge is 0.439 e. The highest BCUT2D eigenvalue weighted by Crippen LogP contribution is 2.50. The third-order valence-electron chi connectivity index (χ3n) is 11.6. The van der Waals surface area contributed by atoms with E-state index < -0.39 is 44.7 Å². The Morgan fingerprint density at radius 3 is 1.16 bits per heavy atom. The fourth-order valence-electron chi connectivity index (χ4n) is 7.63. The molecular formula is C52H95O11P. The Kier molecular flexibility index (Phi) is 41.1. The molecule has 2 unspecified atom stereocenters. The molecule has 1 aromatic carbocycles. The number of hydrogen-bond donors (Lipinski definition) is 2. The molecule has 0 aliphatic rings. The number of hydrogen-bond acceptors (Lipinski definition) is 11. The SMILES string of the molecule is CCCCCCCCCCCCCCCCCCOCC(O)COP(=O)(OCC(O)COCCCCCCCCCCCCCCCCCC)C(=O)Oc1ccccc1C(=O)OCC. The summed E-state index contributed by atoms with van der Waals surface area (Å²) in [5.74, 6) is -0.917. The highest BCUT2D eigenvalue weighted by molar-refractivity contribution is 7.71. The molecule has 1 rings (SSSR count). The van der Waals surface area contributed by atoms with Gasteiger partial charge in [0.25, 0.3) is 0 Å². The van der Waals surface area contributed by atoms with Crippen LogP contribution in [0.5, 0.6) is 5.75 Å². The first kappa shape index (κ1) is 60.2. The quantitative estimate of drug-likeness (QED) is 0.0366. The Labute approximate surface area is 390 Å². The highest BCUT2D eigenvalue weighted by Gasteiger charge is 2.40. The Bertz CT molecular complexity index is 1210. The van der Waals surface area contributed by atoms with Gasteiger partial charge < -0.3 is 29.2 Å². The molecule has 374 valence electrons. The fraction of sp³-hybridized carbons (Fsp3) is 0.846. The van der Waals surface area contributed by atoms with Gasteiger partial charge in [0.15, 0.2) is 0 Å². The van der Waals surface area contributed by atoms with Crippen LogP contribution in [0.3, 0.4) is 0 Å². The van der Waals surface area contributed by atoms with Gasteiger partial charge in [-0.05, 0) is 31.9 Å². The van der Waals surface area contributed by atoms with Crippen LogP contribution < -0.4 is 4.74 Å². The van der Waals surface area contributed by atoms with E-state index in [2.05, 4.69) is 13.8 Å². The van der Waals surface area contributed by atoms with Gasteiger partial charge in [-0.3, -0.25) is 9.05 Å². The van der Waals surface area contributed by atoms with Crippen molar-refractivity contribution in [1.29, 1.82) is 0 Å². The van der Waals surface area contributed by atoms with E-state index in [0.29, 0.717) is 13.2 Å². The van der Waals surface area contributed by atoms with Crippen molar-refractivity contribution in [2.75, 3.05) is 46.2 Å². The van der Waals surface area contributed by atoms with E-state index in [1.165, 1.54) is 179 Å². The van der Waals surface area contributed by atoms with Crippen LogP contribution in [-0.2, 0) is 27.8 Å². The number of ether oxygens (including phenoxy) is 4. The fourth-order valence-corrected chi connectivity index (χ4v) is 8.87. The lowest BCUT2D eigenvalue weighted by Gasteiger charge is -2.21. The number of aliphatic hydroxyl groups excluding tert-OH is 2. The van der Waals surface area contributed by atoms with E-state index in [1.54, 1.807) is 19.1 Å². The molecule has 12 heteroatoms. The molecule has 2 N–H and O–H groups in total. The van der Waals surface area contributed by atoms with Crippen molar-refractivity contribution >= 4 is 19.3 Å². The Balaban J connectivity index is 2.37. The van der Waals surface area contributed by atoms with Gasteiger partial charge in [0.1, 0.15) is 23.5 Å². The summed E-state index contributed by atoms with van der Waals surface area (Å²) in [6.45, 7) is 5.93. The van der Waals surface area contributed by atoms with Crippen LogP contribution in [0, 0.1) is 0 Å². The van der Waals surface area contributed by atoms with Crippen molar-refractivity contribution in [1.82, 2.24) is 0 Å². The lowest BCUT2D eigenvalue weighted by atomic mass is 10.0. The van der Waals surface area contributed by atoms with Crippen LogP contribution in [-0.4, -0.2) is 80.3 Å². The first-order chi connectivity index (χ1) is 31.3. The van der Waals surface area contributed by atoms with E-state index in [4.69, 9.17) is 28.0 Å². The summed E-state index contributed by atoms with van der Waals surface area (Å²) in [6, 6.07) is 5.88. The van der Waals surface area contributed by atoms with E-state index >= 15 is 0 Å². The molecule has 64 heavy (non-hydrogen) atoms. The molecule has 0 saturated carbocycles. The molecule has 2 atom stereocenters. The minimum absolute atomic E-state index is 0.0470. The second-order valence-electron chi connectivity index (χ2n) is 17.7. The van der Waals surface area contributed by atoms with Gasteiger partial charge in [0, 0.05) is 13.2 Å². The Morgan fingerprint density at radius 1 is 0.484 bits per heavy atom. The van der Waals surface area contributed by atoms with Crippen LogP contribution in [0.25, 0.3) is 0 Å². The third-order valence-corrected chi connectivity index (χ3v) is 13.1. The third kappa shape index (κ3) is 34.5. The number of unbranched alkanes of at least 4 members (excludes halogenated alkanes) is 30. The molecule has 0 aliphatic heterocycles. The lowest BCUT2D eigenvalue weighted by Crippen LogP contribution is -2.26. The molecule has 0 amide bonds. The largest absolute Gasteiger partial charge is 0.462 e. The molecule has 0 aromatic heterocycles. The van der Waals surface area contributed by atoms with Crippen molar-refractivity contribution in [2.45, 2.75) is 238 Å². The molecule has 0 radical (unpaired) electrons. The van der Waals surface area contributed by atoms with E-state index in [0.717, 1.165) is 38.5 Å². The summed E-state index contributed by atoms with van der Waals surface area (Å²) >= 11 is 0. The molecule has 1 aromatic rings. The summed E-state index contributed by atoms with van der Waals surface area (Å²) in [5.41, 5.74) is -1.44. The van der Waals surface area contributed by atoms with Crippen molar-refractivity contribution in [3.05, 3.63) is 29.8 Å². The predicted molar refractivity (Wildman–Crippen MR) is 261 cm³/mol. The summed E-state index contributed by atoms with van der Waals surface area (Å²) in [5, 5.41) is 21.2. The minimum Gasteiger partial charge on any atom is -0.462 e. The first-order valence-electron chi connectivity index (χ1n) is 26.2. The van der Waals surface area contributed by atoms with Gasteiger partial charge >= 0.3 is 19.3 Å². The topological polar surface area (TPSA) is 147 Å². The Hall–Kier alpha value is -1.85. The van der Waals surface area contributed by atoms with Crippen LogP contribution >= 0.6 is 7.60 Å². The zero-order valence-electron chi connectivity index (χ0n) is 41.1. The summed E-state index contributed by atoms with van der Waals surface area (Å²) in [4.78, 5) is 25.8. The number of esters is 1. The average molecular weight is 927 g/mol. The van der Waals surface area contributed by atoms with Crippen LogP contribution in [0.15, 0.2) is 24.3 Å². The predicted octanol–water partition coefficient (Wildman–Crippen LogP) is 14.9. The van der Waals surface area contributed by atoms with Gasteiger partial charge in [-0.2, -0.15) is 0 Å². The minimum atomic E-state index is -4.75. The zero-order chi connectivity index (χ0) is 46.6. The van der Waals surface area contributed by atoms with Crippen LogP contribution in [0.1, 0.15) is 237 Å². The highest BCUT2D eigenvalue weighted by atomic mass is 31.2. The monoisotopic (exact) mass is 927 g/mol. The number of carbonyl (C=O) groups is 2. The zero-order valence-corrected chi connectivity index (χ0v) is 42.0. The van der Waals surface area contributed by atoms with Gasteiger partial charge in [0.05, 0.1) is 33.0 Å². The van der Waals surface area contributed by atoms with E-state index in [1.807, 2.05) is 0 Å². The van der Waals surface area contributed by atoms with Crippen molar-refractivity contribution < 1.29 is 52.4 Å². The van der Waals surface area contributed by atoms with Crippen LogP contribution in [0.2, 0.25) is 0 Å².